The third-order valence-electron chi connectivity index (χ3n) is 6.76. The molecule has 6 heteroatoms. The molecule has 1 saturated carbocycles. The summed E-state index contributed by atoms with van der Waals surface area (Å²) < 4.78 is 0. The van der Waals surface area contributed by atoms with Crippen molar-refractivity contribution in [2.45, 2.75) is 63.5 Å². The molecule has 1 aromatic heterocycles. The summed E-state index contributed by atoms with van der Waals surface area (Å²) in [5.41, 5.74) is 4.38. The number of pyridine rings is 1. The van der Waals surface area contributed by atoms with E-state index in [0.717, 1.165) is 62.4 Å². The number of aromatic nitrogens is 1. The number of amides is 1. The molecule has 2 aliphatic heterocycles. The van der Waals surface area contributed by atoms with Crippen LogP contribution < -0.4 is 15.1 Å². The lowest BCUT2D eigenvalue weighted by Crippen LogP contribution is -2.42. The summed E-state index contributed by atoms with van der Waals surface area (Å²) in [6, 6.07) is 10.8. The Morgan fingerprint density at radius 3 is 2.47 bits per heavy atom. The van der Waals surface area contributed by atoms with E-state index in [2.05, 4.69) is 39.5 Å². The number of aliphatic hydroxyl groups excluding tert-OH is 1. The van der Waals surface area contributed by atoms with E-state index in [-0.39, 0.29) is 12.0 Å². The lowest BCUT2D eigenvalue weighted by molar-refractivity contribution is -0.119. The van der Waals surface area contributed by atoms with Crippen molar-refractivity contribution in [1.82, 2.24) is 4.98 Å². The number of benzene rings is 1. The van der Waals surface area contributed by atoms with Gasteiger partial charge in [0.05, 0.1) is 11.8 Å². The minimum Gasteiger partial charge on any atom is -0.393 e. The molecule has 2 aromatic rings. The highest BCUT2D eigenvalue weighted by Gasteiger charge is 2.32. The Labute approximate surface area is 177 Å². The smallest absolute Gasteiger partial charge is 0.227 e. The summed E-state index contributed by atoms with van der Waals surface area (Å²) in [5.74, 6) is 1.03. The van der Waals surface area contributed by atoms with E-state index in [1.165, 1.54) is 24.1 Å². The lowest BCUT2D eigenvalue weighted by Gasteiger charge is -2.34. The van der Waals surface area contributed by atoms with Gasteiger partial charge in [0.2, 0.25) is 5.91 Å². The Morgan fingerprint density at radius 2 is 1.73 bits per heavy atom. The monoisotopic (exact) mass is 406 g/mol. The first-order valence-electron chi connectivity index (χ1n) is 11.3. The number of aryl methyl sites for hydroxylation is 1. The van der Waals surface area contributed by atoms with E-state index in [1.807, 2.05) is 17.2 Å². The van der Waals surface area contributed by atoms with Crippen LogP contribution in [0.2, 0.25) is 0 Å². The van der Waals surface area contributed by atoms with Gasteiger partial charge in [0.1, 0.15) is 5.82 Å². The van der Waals surface area contributed by atoms with Crippen molar-refractivity contribution in [2.24, 2.45) is 0 Å². The highest BCUT2D eigenvalue weighted by molar-refractivity contribution is 5.97. The lowest BCUT2D eigenvalue weighted by atomic mass is 10.0. The van der Waals surface area contributed by atoms with Crippen LogP contribution in [0.5, 0.6) is 0 Å². The van der Waals surface area contributed by atoms with Crippen LogP contribution in [-0.2, 0) is 11.2 Å². The standard InChI is InChI=1S/C24H30N4O2/c29-21-11-13-27(14-12-21)19-8-6-18(7-9-19)26-23-15-22-17(16-25-23)5-10-24(30)28(22)20-3-1-2-4-20/h6-9,15-16,20-21,29H,1-5,10-14H2,(H,25,26). The van der Waals surface area contributed by atoms with Gasteiger partial charge in [-0.15, -0.1) is 0 Å². The minimum atomic E-state index is -0.159. The van der Waals surface area contributed by atoms with E-state index < -0.39 is 0 Å². The Balaban J connectivity index is 1.32. The van der Waals surface area contributed by atoms with Gasteiger partial charge >= 0.3 is 0 Å². The molecule has 0 spiro atoms. The van der Waals surface area contributed by atoms with Crippen LogP contribution in [0.25, 0.3) is 0 Å². The van der Waals surface area contributed by atoms with Gasteiger partial charge in [0.15, 0.2) is 0 Å². The van der Waals surface area contributed by atoms with E-state index in [4.69, 9.17) is 0 Å². The quantitative estimate of drug-likeness (QED) is 0.803. The van der Waals surface area contributed by atoms with Crippen LogP contribution in [0.4, 0.5) is 22.9 Å². The fourth-order valence-corrected chi connectivity index (χ4v) is 5.05. The third-order valence-corrected chi connectivity index (χ3v) is 6.76. The molecule has 30 heavy (non-hydrogen) atoms. The van der Waals surface area contributed by atoms with Crippen molar-refractivity contribution < 1.29 is 9.90 Å². The second-order valence-electron chi connectivity index (χ2n) is 8.79. The van der Waals surface area contributed by atoms with Crippen molar-refractivity contribution in [3.8, 4) is 0 Å². The molecule has 2 N–H and O–H groups in total. The van der Waals surface area contributed by atoms with Gasteiger partial charge in [0.25, 0.3) is 0 Å². The maximum atomic E-state index is 12.7. The van der Waals surface area contributed by atoms with Crippen LogP contribution in [0.15, 0.2) is 36.5 Å². The molecular weight excluding hydrogens is 376 g/mol. The Hall–Kier alpha value is -2.60. The van der Waals surface area contributed by atoms with Crippen molar-refractivity contribution in [3.05, 3.63) is 42.1 Å². The molecular formula is C24H30N4O2. The number of rotatable bonds is 4. The largest absolute Gasteiger partial charge is 0.393 e. The van der Waals surface area contributed by atoms with Gasteiger partial charge in [-0.05, 0) is 61.9 Å². The van der Waals surface area contributed by atoms with Gasteiger partial charge in [-0.2, -0.15) is 0 Å². The number of carbonyl (C=O) groups is 1. The molecule has 5 rings (SSSR count). The Bertz CT molecular complexity index is 900. The Morgan fingerprint density at radius 1 is 1.00 bits per heavy atom. The second kappa shape index (κ2) is 8.26. The molecule has 1 aromatic carbocycles. The maximum absolute atomic E-state index is 12.7. The van der Waals surface area contributed by atoms with Crippen molar-refractivity contribution in [2.75, 3.05) is 28.2 Å². The fourth-order valence-electron chi connectivity index (χ4n) is 5.05. The average Bonchev–Trinajstić information content (AvgIpc) is 3.29. The summed E-state index contributed by atoms with van der Waals surface area (Å²) >= 11 is 0. The van der Waals surface area contributed by atoms with Gasteiger partial charge in [-0.25, -0.2) is 4.98 Å². The molecule has 158 valence electrons. The summed E-state index contributed by atoms with van der Waals surface area (Å²) in [5, 5.41) is 13.1. The second-order valence-corrected chi connectivity index (χ2v) is 8.79. The first-order chi connectivity index (χ1) is 14.7. The zero-order chi connectivity index (χ0) is 20.5. The molecule has 2 fully saturated rings. The summed E-state index contributed by atoms with van der Waals surface area (Å²) in [7, 11) is 0. The van der Waals surface area contributed by atoms with Crippen LogP contribution in [0.1, 0.15) is 50.5 Å². The zero-order valence-electron chi connectivity index (χ0n) is 17.4. The molecule has 0 radical (unpaired) electrons. The first kappa shape index (κ1) is 19.4. The molecule has 1 amide bonds. The predicted octanol–water partition coefficient (Wildman–Crippen LogP) is 4.01. The third kappa shape index (κ3) is 3.88. The number of aliphatic hydroxyl groups is 1. The number of hydrogen-bond acceptors (Lipinski definition) is 5. The minimum absolute atomic E-state index is 0.159. The zero-order valence-corrected chi connectivity index (χ0v) is 17.4. The molecule has 1 saturated heterocycles. The van der Waals surface area contributed by atoms with Crippen molar-refractivity contribution in [3.63, 3.8) is 0 Å². The number of piperidine rings is 1. The summed E-state index contributed by atoms with van der Waals surface area (Å²) in [4.78, 5) is 21.7. The van der Waals surface area contributed by atoms with Crippen LogP contribution in [0.3, 0.4) is 0 Å². The van der Waals surface area contributed by atoms with Gasteiger partial charge in [-0.3, -0.25) is 4.79 Å². The highest BCUT2D eigenvalue weighted by Crippen LogP contribution is 2.36. The molecule has 0 atom stereocenters. The van der Waals surface area contributed by atoms with Crippen LogP contribution in [0, 0.1) is 0 Å². The van der Waals surface area contributed by atoms with Crippen molar-refractivity contribution >= 4 is 28.8 Å². The van der Waals surface area contributed by atoms with Crippen LogP contribution in [-0.4, -0.2) is 41.2 Å². The number of carbonyl (C=O) groups excluding carboxylic acids is 1. The van der Waals surface area contributed by atoms with E-state index in [9.17, 15) is 9.90 Å². The molecule has 6 nitrogen and oxygen atoms in total. The van der Waals surface area contributed by atoms with E-state index >= 15 is 0 Å². The number of fused-ring (bicyclic) bond motifs is 1. The number of nitrogens with one attached hydrogen (secondary N) is 1. The van der Waals surface area contributed by atoms with Crippen molar-refractivity contribution in [1.29, 1.82) is 0 Å². The number of nitrogens with zero attached hydrogens (tertiary/aromatic N) is 3. The van der Waals surface area contributed by atoms with Gasteiger partial charge in [0, 0.05) is 49.2 Å². The van der Waals surface area contributed by atoms with Crippen LogP contribution >= 0.6 is 0 Å². The molecule has 0 bridgehead atoms. The predicted molar refractivity (Wildman–Crippen MR) is 119 cm³/mol. The van der Waals surface area contributed by atoms with Gasteiger partial charge in [-0.1, -0.05) is 12.8 Å². The molecule has 3 aliphatic rings. The number of anilines is 4. The Kier molecular flexibility index (Phi) is 5.34. The SMILES string of the molecule is O=C1CCc2cnc(Nc3ccc(N4CCC(O)CC4)cc3)cc2N1C1CCCC1. The van der Waals surface area contributed by atoms with E-state index in [1.54, 1.807) is 0 Å². The normalized spacial score (nSPS) is 20.5. The molecule has 0 unspecified atom stereocenters. The molecule has 1 aliphatic carbocycles. The molecule has 3 heterocycles. The first-order valence-corrected chi connectivity index (χ1v) is 11.3. The topological polar surface area (TPSA) is 68.7 Å². The fraction of sp³-hybridized carbons (Fsp3) is 0.500. The van der Waals surface area contributed by atoms with Gasteiger partial charge < -0.3 is 20.2 Å². The highest BCUT2D eigenvalue weighted by atomic mass is 16.3. The maximum Gasteiger partial charge on any atom is 0.227 e. The van der Waals surface area contributed by atoms with E-state index in [0.29, 0.717) is 12.5 Å². The number of hydrogen-bond donors (Lipinski definition) is 2. The summed E-state index contributed by atoms with van der Waals surface area (Å²) in [6.07, 6.45) is 9.43. The summed E-state index contributed by atoms with van der Waals surface area (Å²) in [6.45, 7) is 1.79. The average molecular weight is 407 g/mol.